The molecule has 118 valence electrons. The van der Waals surface area contributed by atoms with Gasteiger partial charge in [-0.25, -0.2) is 0 Å². The van der Waals surface area contributed by atoms with Gasteiger partial charge in [-0.15, -0.1) is 0 Å². The predicted molar refractivity (Wildman–Crippen MR) is 93.1 cm³/mol. The van der Waals surface area contributed by atoms with E-state index in [4.69, 9.17) is 4.74 Å². The number of hydrogen-bond acceptors (Lipinski definition) is 2. The summed E-state index contributed by atoms with van der Waals surface area (Å²) < 4.78 is 5.49. The summed E-state index contributed by atoms with van der Waals surface area (Å²) in [7, 11) is 3.94. The summed E-state index contributed by atoms with van der Waals surface area (Å²) in [5, 5.41) is 0. The van der Waals surface area contributed by atoms with Crippen LogP contribution in [-0.2, 0) is 6.42 Å². The van der Waals surface area contributed by atoms with Crippen LogP contribution in [0.2, 0.25) is 0 Å². The van der Waals surface area contributed by atoms with Gasteiger partial charge in [-0.1, -0.05) is 13.0 Å². The highest BCUT2D eigenvalue weighted by Gasteiger charge is 2.11. The van der Waals surface area contributed by atoms with Crippen LogP contribution in [0.25, 0.3) is 5.57 Å². The highest BCUT2D eigenvalue weighted by Crippen LogP contribution is 2.29. The number of rotatable bonds is 7. The normalized spacial score (nSPS) is 12.3. The van der Waals surface area contributed by atoms with E-state index in [0.717, 1.165) is 25.1 Å². The summed E-state index contributed by atoms with van der Waals surface area (Å²) in [6.07, 6.45) is 4.34. The number of ether oxygens (including phenoxy) is 1. The van der Waals surface area contributed by atoms with Gasteiger partial charge < -0.3 is 9.64 Å². The van der Waals surface area contributed by atoms with Gasteiger partial charge in [0, 0.05) is 12.6 Å². The average molecular weight is 289 g/mol. The smallest absolute Gasteiger partial charge is 0.122 e. The maximum atomic E-state index is 5.49. The fourth-order valence-corrected chi connectivity index (χ4v) is 2.53. The second-order valence-electron chi connectivity index (χ2n) is 5.97. The Morgan fingerprint density at radius 2 is 2.00 bits per heavy atom. The molecule has 1 aromatic carbocycles. The maximum Gasteiger partial charge on any atom is 0.122 e. The third-order valence-corrected chi connectivity index (χ3v) is 4.32. The lowest BCUT2D eigenvalue weighted by molar-refractivity contribution is 0.280. The van der Waals surface area contributed by atoms with Crippen molar-refractivity contribution in [2.45, 2.75) is 53.5 Å². The van der Waals surface area contributed by atoms with E-state index in [-0.39, 0.29) is 0 Å². The number of aryl methyl sites for hydroxylation is 2. The molecule has 0 radical (unpaired) electrons. The van der Waals surface area contributed by atoms with Crippen LogP contribution in [0.1, 0.15) is 50.8 Å². The summed E-state index contributed by atoms with van der Waals surface area (Å²) in [6.45, 7) is 12.1. The van der Waals surface area contributed by atoms with Crippen molar-refractivity contribution in [1.82, 2.24) is 4.90 Å². The van der Waals surface area contributed by atoms with Crippen LogP contribution in [0, 0.1) is 6.92 Å². The Morgan fingerprint density at radius 3 is 2.48 bits per heavy atom. The third-order valence-electron chi connectivity index (χ3n) is 4.32. The Hall–Kier alpha value is -1.28. The van der Waals surface area contributed by atoms with E-state index in [2.05, 4.69) is 64.8 Å². The molecule has 1 aromatic rings. The minimum atomic E-state index is 0.589. The highest BCUT2D eigenvalue weighted by molar-refractivity contribution is 5.70. The number of nitrogens with zero attached hydrogens (tertiary/aromatic N) is 1. The minimum absolute atomic E-state index is 0.589. The first-order valence-corrected chi connectivity index (χ1v) is 7.97. The Bertz CT molecular complexity index is 489. The van der Waals surface area contributed by atoms with Gasteiger partial charge in [0.2, 0.25) is 0 Å². The maximum absolute atomic E-state index is 5.49. The average Bonchev–Trinajstić information content (AvgIpc) is 2.48. The SMILES string of the molecule is C/C=C(/CCN(C)C(C)C)c1cc(CC)c(OC)cc1C. The van der Waals surface area contributed by atoms with Crippen molar-refractivity contribution < 1.29 is 4.74 Å². The molecule has 2 heteroatoms. The number of allylic oxidation sites excluding steroid dienone is 1. The van der Waals surface area contributed by atoms with Crippen molar-refractivity contribution in [3.8, 4) is 5.75 Å². The molecule has 0 unspecified atom stereocenters. The summed E-state index contributed by atoms with van der Waals surface area (Å²) in [5.41, 5.74) is 5.38. The Balaban J connectivity index is 3.01. The summed E-state index contributed by atoms with van der Waals surface area (Å²) in [4.78, 5) is 2.39. The van der Waals surface area contributed by atoms with Crippen molar-refractivity contribution >= 4 is 5.57 Å². The molecular formula is C19H31NO. The molecule has 0 amide bonds. The lowest BCUT2D eigenvalue weighted by atomic mass is 9.94. The summed E-state index contributed by atoms with van der Waals surface area (Å²) in [5.74, 6) is 1.01. The molecule has 0 aliphatic heterocycles. The van der Waals surface area contributed by atoms with Gasteiger partial charge in [-0.05, 0) is 82.0 Å². The number of methoxy groups -OCH3 is 1. The topological polar surface area (TPSA) is 12.5 Å². The molecule has 0 saturated carbocycles. The minimum Gasteiger partial charge on any atom is -0.496 e. The fourth-order valence-electron chi connectivity index (χ4n) is 2.53. The first kappa shape index (κ1) is 17.8. The molecule has 0 aliphatic carbocycles. The molecule has 0 bridgehead atoms. The van der Waals surface area contributed by atoms with Crippen LogP contribution < -0.4 is 4.74 Å². The molecule has 0 fully saturated rings. The van der Waals surface area contributed by atoms with E-state index >= 15 is 0 Å². The van der Waals surface area contributed by atoms with E-state index in [1.165, 1.54) is 22.3 Å². The van der Waals surface area contributed by atoms with Gasteiger partial charge in [0.1, 0.15) is 5.75 Å². The molecule has 0 aromatic heterocycles. The quantitative estimate of drug-likeness (QED) is 0.721. The van der Waals surface area contributed by atoms with Crippen molar-refractivity contribution in [2.75, 3.05) is 20.7 Å². The molecule has 0 aliphatic rings. The van der Waals surface area contributed by atoms with Crippen LogP contribution in [0.3, 0.4) is 0 Å². The first-order valence-electron chi connectivity index (χ1n) is 7.97. The van der Waals surface area contributed by atoms with E-state index in [0.29, 0.717) is 6.04 Å². The van der Waals surface area contributed by atoms with Gasteiger partial charge in [0.25, 0.3) is 0 Å². The second kappa shape index (κ2) is 8.23. The van der Waals surface area contributed by atoms with Gasteiger partial charge in [-0.3, -0.25) is 0 Å². The molecule has 0 spiro atoms. The molecule has 2 nitrogen and oxygen atoms in total. The third kappa shape index (κ3) is 4.60. The van der Waals surface area contributed by atoms with Crippen molar-refractivity contribution in [3.05, 3.63) is 34.9 Å². The highest BCUT2D eigenvalue weighted by atomic mass is 16.5. The summed E-state index contributed by atoms with van der Waals surface area (Å²) >= 11 is 0. The van der Waals surface area contributed by atoms with Gasteiger partial charge >= 0.3 is 0 Å². The van der Waals surface area contributed by atoms with Gasteiger partial charge in [0.15, 0.2) is 0 Å². The zero-order chi connectivity index (χ0) is 16.0. The summed E-state index contributed by atoms with van der Waals surface area (Å²) in [6, 6.07) is 5.06. The Labute approximate surface area is 130 Å². The Kier molecular flexibility index (Phi) is 6.97. The molecule has 21 heavy (non-hydrogen) atoms. The number of benzene rings is 1. The van der Waals surface area contributed by atoms with E-state index < -0.39 is 0 Å². The standard InChI is InChI=1S/C19H31NO/c1-8-16(10-11-20(6)14(3)4)18-13-17(9-2)19(21-7)12-15(18)5/h8,12-14H,9-11H2,1-7H3/b16-8-. The van der Waals surface area contributed by atoms with E-state index in [1.807, 2.05) is 0 Å². The lowest BCUT2D eigenvalue weighted by Crippen LogP contribution is -2.27. The van der Waals surface area contributed by atoms with Crippen LogP contribution >= 0.6 is 0 Å². The van der Waals surface area contributed by atoms with Crippen LogP contribution in [-0.4, -0.2) is 31.6 Å². The van der Waals surface area contributed by atoms with E-state index in [9.17, 15) is 0 Å². The van der Waals surface area contributed by atoms with Crippen molar-refractivity contribution in [1.29, 1.82) is 0 Å². The van der Waals surface area contributed by atoms with Crippen molar-refractivity contribution in [2.24, 2.45) is 0 Å². The lowest BCUT2D eigenvalue weighted by Gasteiger charge is -2.22. The second-order valence-corrected chi connectivity index (χ2v) is 5.97. The zero-order valence-electron chi connectivity index (χ0n) is 14.8. The van der Waals surface area contributed by atoms with Gasteiger partial charge in [-0.2, -0.15) is 0 Å². The van der Waals surface area contributed by atoms with Crippen molar-refractivity contribution in [3.63, 3.8) is 0 Å². The Morgan fingerprint density at radius 1 is 1.33 bits per heavy atom. The molecular weight excluding hydrogens is 258 g/mol. The van der Waals surface area contributed by atoms with E-state index in [1.54, 1.807) is 7.11 Å². The molecule has 0 N–H and O–H groups in total. The molecule has 0 heterocycles. The van der Waals surface area contributed by atoms with Crippen LogP contribution in [0.5, 0.6) is 5.75 Å². The van der Waals surface area contributed by atoms with Gasteiger partial charge in [0.05, 0.1) is 7.11 Å². The number of hydrogen-bond donors (Lipinski definition) is 0. The monoisotopic (exact) mass is 289 g/mol. The molecule has 1 rings (SSSR count). The van der Waals surface area contributed by atoms with Crippen LogP contribution in [0.4, 0.5) is 0 Å². The fraction of sp³-hybridized carbons (Fsp3) is 0.579. The molecule has 0 atom stereocenters. The zero-order valence-corrected chi connectivity index (χ0v) is 14.8. The predicted octanol–water partition coefficient (Wildman–Crippen LogP) is 4.70. The first-order chi connectivity index (χ1) is 9.94. The largest absolute Gasteiger partial charge is 0.496 e. The van der Waals surface area contributed by atoms with Crippen LogP contribution in [0.15, 0.2) is 18.2 Å². The molecule has 0 saturated heterocycles.